The van der Waals surface area contributed by atoms with Gasteiger partial charge in [0.15, 0.2) is 0 Å². The first kappa shape index (κ1) is 19.5. The first-order chi connectivity index (χ1) is 12.6. The molecule has 6 heteroatoms. The number of benzene rings is 2. The van der Waals surface area contributed by atoms with E-state index < -0.39 is 12.0 Å². The van der Waals surface area contributed by atoms with Crippen molar-refractivity contribution in [2.75, 3.05) is 0 Å². The molecule has 27 heavy (non-hydrogen) atoms. The maximum Gasteiger partial charge on any atom is 0.305 e. The van der Waals surface area contributed by atoms with E-state index in [1.165, 1.54) is 0 Å². The van der Waals surface area contributed by atoms with E-state index in [4.69, 9.17) is 20.3 Å². The molecular formula is C21H24ClNO4. The maximum absolute atomic E-state index is 10.9. The highest BCUT2D eigenvalue weighted by Crippen LogP contribution is 2.43. The Bertz CT molecular complexity index is 768. The van der Waals surface area contributed by atoms with Gasteiger partial charge in [0.05, 0.1) is 24.2 Å². The summed E-state index contributed by atoms with van der Waals surface area (Å²) in [6.45, 7) is 0. The molecule has 0 unspecified atom stereocenters. The Kier molecular flexibility index (Phi) is 5.92. The summed E-state index contributed by atoms with van der Waals surface area (Å²) in [5.74, 6) is 0.784. The van der Waals surface area contributed by atoms with Crippen molar-refractivity contribution in [3.63, 3.8) is 0 Å². The molecule has 1 atom stereocenters. The Morgan fingerprint density at radius 1 is 1.00 bits per heavy atom. The summed E-state index contributed by atoms with van der Waals surface area (Å²) in [6.07, 6.45) is 4.89. The van der Waals surface area contributed by atoms with Gasteiger partial charge in [-0.2, -0.15) is 0 Å². The van der Waals surface area contributed by atoms with E-state index in [1.807, 2.05) is 42.5 Å². The van der Waals surface area contributed by atoms with Crippen molar-refractivity contribution in [1.29, 1.82) is 0 Å². The molecule has 3 N–H and O–H groups in total. The molecule has 0 heterocycles. The van der Waals surface area contributed by atoms with Crippen LogP contribution >= 0.6 is 12.4 Å². The smallest absolute Gasteiger partial charge is 0.305 e. The molecule has 2 aromatic carbocycles. The van der Waals surface area contributed by atoms with Crippen LogP contribution < -0.4 is 15.2 Å². The van der Waals surface area contributed by atoms with Gasteiger partial charge in [-0.25, -0.2) is 0 Å². The normalized spacial score (nSPS) is 16.9. The van der Waals surface area contributed by atoms with Crippen LogP contribution in [0.1, 0.15) is 43.7 Å². The molecule has 0 spiro atoms. The third kappa shape index (κ3) is 4.93. The van der Waals surface area contributed by atoms with Crippen molar-refractivity contribution >= 4 is 18.4 Å². The zero-order valence-corrected chi connectivity index (χ0v) is 15.8. The summed E-state index contributed by atoms with van der Waals surface area (Å²) in [7, 11) is 0. The number of hydrogen-bond donors (Lipinski definition) is 2. The van der Waals surface area contributed by atoms with Crippen LogP contribution in [0, 0.1) is 0 Å². The molecule has 5 nitrogen and oxygen atoms in total. The highest BCUT2D eigenvalue weighted by Gasteiger charge is 2.28. The van der Waals surface area contributed by atoms with Crippen LogP contribution in [0.25, 0.3) is 11.1 Å². The van der Waals surface area contributed by atoms with Crippen LogP contribution in [0.2, 0.25) is 0 Å². The van der Waals surface area contributed by atoms with Gasteiger partial charge in [-0.1, -0.05) is 30.3 Å². The van der Waals surface area contributed by atoms with Crippen molar-refractivity contribution in [3.05, 3.63) is 48.0 Å². The van der Waals surface area contributed by atoms with Crippen LogP contribution in [-0.4, -0.2) is 23.3 Å². The molecule has 2 fully saturated rings. The topological polar surface area (TPSA) is 81.8 Å². The number of carboxylic acid groups (broad SMARTS) is 1. The molecular weight excluding hydrogens is 366 g/mol. The first-order valence-corrected chi connectivity index (χ1v) is 9.14. The molecule has 0 bridgehead atoms. The second-order valence-electron chi connectivity index (χ2n) is 7.09. The molecule has 2 aliphatic rings. The average Bonchev–Trinajstić information content (AvgIpc) is 3.52. The number of carbonyl (C=O) groups is 1. The minimum atomic E-state index is -0.898. The van der Waals surface area contributed by atoms with E-state index in [-0.39, 0.29) is 18.8 Å². The van der Waals surface area contributed by atoms with Gasteiger partial charge in [-0.05, 0) is 48.9 Å². The van der Waals surface area contributed by atoms with Crippen LogP contribution in [0.15, 0.2) is 42.5 Å². The minimum Gasteiger partial charge on any atom is -0.490 e. The molecule has 0 aliphatic heterocycles. The van der Waals surface area contributed by atoms with Crippen LogP contribution in [-0.2, 0) is 4.79 Å². The fourth-order valence-corrected chi connectivity index (χ4v) is 2.93. The van der Waals surface area contributed by atoms with E-state index in [0.717, 1.165) is 53.9 Å². The molecule has 0 aromatic heterocycles. The zero-order valence-electron chi connectivity index (χ0n) is 15.0. The Hall–Kier alpha value is -2.24. The Labute approximate surface area is 164 Å². The highest BCUT2D eigenvalue weighted by atomic mass is 35.5. The largest absolute Gasteiger partial charge is 0.490 e. The molecule has 0 radical (unpaired) electrons. The molecule has 0 amide bonds. The average molecular weight is 390 g/mol. The summed E-state index contributed by atoms with van der Waals surface area (Å²) in [6, 6.07) is 13.1. The van der Waals surface area contributed by atoms with Gasteiger partial charge in [0.1, 0.15) is 11.5 Å². The van der Waals surface area contributed by atoms with Crippen molar-refractivity contribution in [2.24, 2.45) is 5.73 Å². The molecule has 144 valence electrons. The molecule has 2 aromatic rings. The lowest BCUT2D eigenvalue weighted by molar-refractivity contribution is -0.137. The Morgan fingerprint density at radius 3 is 1.96 bits per heavy atom. The van der Waals surface area contributed by atoms with Crippen molar-refractivity contribution < 1.29 is 19.4 Å². The number of halogens is 1. The number of rotatable bonds is 8. The lowest BCUT2D eigenvalue weighted by Gasteiger charge is -2.17. The van der Waals surface area contributed by atoms with Crippen molar-refractivity contribution in [2.45, 2.75) is 50.4 Å². The number of aliphatic carboxylic acids is 1. The minimum absolute atomic E-state index is 0. The van der Waals surface area contributed by atoms with Crippen molar-refractivity contribution in [3.8, 4) is 22.6 Å². The van der Waals surface area contributed by atoms with Gasteiger partial charge in [0.25, 0.3) is 0 Å². The van der Waals surface area contributed by atoms with Crippen LogP contribution in [0.5, 0.6) is 11.5 Å². The fourth-order valence-electron chi connectivity index (χ4n) is 2.93. The predicted molar refractivity (Wildman–Crippen MR) is 106 cm³/mol. The summed E-state index contributed by atoms with van der Waals surface area (Å²) in [5.41, 5.74) is 8.72. The Balaban J connectivity index is 0.00000210. The summed E-state index contributed by atoms with van der Waals surface area (Å²) in [5, 5.41) is 8.92. The number of nitrogens with two attached hydrogens (primary N) is 1. The molecule has 4 rings (SSSR count). The SMILES string of the molecule is Cl.N[C@H](CC(=O)O)c1ccc(-c2c(OC3CC3)cccc2OC2CC2)cc1. The molecule has 2 saturated carbocycles. The van der Waals surface area contributed by atoms with Crippen LogP contribution in [0.3, 0.4) is 0 Å². The van der Waals surface area contributed by atoms with Crippen LogP contribution in [0.4, 0.5) is 0 Å². The third-order valence-electron chi connectivity index (χ3n) is 4.65. The van der Waals surface area contributed by atoms with Gasteiger partial charge in [0, 0.05) is 6.04 Å². The molecule has 0 saturated heterocycles. The third-order valence-corrected chi connectivity index (χ3v) is 4.65. The standard InChI is InChI=1S/C21H23NO4.ClH/c22-17(12-20(23)24)13-4-6-14(7-5-13)21-18(25-15-8-9-15)2-1-3-19(21)26-16-10-11-16;/h1-7,15-17H,8-12,22H2,(H,23,24);1H/t17-;/m1./s1. The molecule has 2 aliphatic carbocycles. The lowest BCUT2D eigenvalue weighted by atomic mass is 9.98. The number of ether oxygens (including phenoxy) is 2. The zero-order chi connectivity index (χ0) is 18.1. The maximum atomic E-state index is 10.9. The van der Waals surface area contributed by atoms with E-state index in [1.54, 1.807) is 0 Å². The lowest BCUT2D eigenvalue weighted by Crippen LogP contribution is -2.14. The van der Waals surface area contributed by atoms with Crippen molar-refractivity contribution in [1.82, 2.24) is 0 Å². The van der Waals surface area contributed by atoms with Gasteiger partial charge >= 0.3 is 5.97 Å². The fraction of sp³-hybridized carbons (Fsp3) is 0.381. The Morgan fingerprint density at radius 2 is 1.52 bits per heavy atom. The number of carboxylic acids is 1. The van der Waals surface area contributed by atoms with Gasteiger partial charge in [0.2, 0.25) is 0 Å². The van der Waals surface area contributed by atoms with E-state index >= 15 is 0 Å². The monoisotopic (exact) mass is 389 g/mol. The van der Waals surface area contributed by atoms with E-state index in [0.29, 0.717) is 12.2 Å². The van der Waals surface area contributed by atoms with Gasteiger partial charge < -0.3 is 20.3 Å². The van der Waals surface area contributed by atoms with E-state index in [2.05, 4.69) is 0 Å². The first-order valence-electron chi connectivity index (χ1n) is 9.14. The quantitative estimate of drug-likeness (QED) is 0.702. The van der Waals surface area contributed by atoms with E-state index in [9.17, 15) is 4.79 Å². The second kappa shape index (κ2) is 8.19. The summed E-state index contributed by atoms with van der Waals surface area (Å²) in [4.78, 5) is 10.9. The summed E-state index contributed by atoms with van der Waals surface area (Å²) < 4.78 is 12.2. The van der Waals surface area contributed by atoms with Gasteiger partial charge in [-0.15, -0.1) is 12.4 Å². The summed E-state index contributed by atoms with van der Waals surface area (Å²) >= 11 is 0. The predicted octanol–water partition coefficient (Wildman–Crippen LogP) is 4.33. The highest BCUT2D eigenvalue weighted by molar-refractivity contribution is 5.85. The number of hydrogen-bond acceptors (Lipinski definition) is 4. The second-order valence-corrected chi connectivity index (χ2v) is 7.09. The van der Waals surface area contributed by atoms with Gasteiger partial charge in [-0.3, -0.25) is 4.79 Å².